The van der Waals surface area contributed by atoms with Crippen LogP contribution in [0.1, 0.15) is 0 Å². The summed E-state index contributed by atoms with van der Waals surface area (Å²) >= 11 is 0. The van der Waals surface area contributed by atoms with E-state index in [-0.39, 0.29) is 0 Å². The molecule has 0 spiro atoms. The van der Waals surface area contributed by atoms with Crippen LogP contribution in [0.3, 0.4) is 0 Å². The molecule has 1 aliphatic rings. The fourth-order valence-corrected chi connectivity index (χ4v) is 2.59. The lowest BCUT2D eigenvalue weighted by Crippen LogP contribution is -2.52. The van der Waals surface area contributed by atoms with Crippen LogP contribution in [0.15, 0.2) is 30.5 Å². The number of nitrogens with zero attached hydrogens (tertiary/aromatic N) is 4. The van der Waals surface area contributed by atoms with Gasteiger partial charge in [-0.3, -0.25) is 9.88 Å². The molecule has 0 radical (unpaired) electrons. The third-order valence-electron chi connectivity index (χ3n) is 3.95. The number of para-hydroxylation sites is 2. The molecular formula is C15H21N5. The molecule has 2 aromatic rings. The summed E-state index contributed by atoms with van der Waals surface area (Å²) in [6.45, 7) is 4.24. The Kier molecular flexibility index (Phi) is 3.80. The molecule has 5 nitrogen and oxygen atoms in total. The minimum Gasteiger partial charge on any atom is -0.367 e. The van der Waals surface area contributed by atoms with Crippen molar-refractivity contribution in [3.63, 3.8) is 0 Å². The van der Waals surface area contributed by atoms with Crippen molar-refractivity contribution in [2.24, 2.45) is 0 Å². The maximum atomic E-state index is 4.60. The summed E-state index contributed by atoms with van der Waals surface area (Å²) in [6, 6.07) is 8.47. The van der Waals surface area contributed by atoms with Crippen molar-refractivity contribution in [1.29, 1.82) is 0 Å². The Hall–Kier alpha value is -1.72. The first-order valence-electron chi connectivity index (χ1n) is 7.07. The van der Waals surface area contributed by atoms with Crippen LogP contribution >= 0.6 is 0 Å². The van der Waals surface area contributed by atoms with E-state index in [9.17, 15) is 0 Å². The number of anilines is 1. The lowest BCUT2D eigenvalue weighted by atomic mass is 10.2. The van der Waals surface area contributed by atoms with Gasteiger partial charge in [0, 0.05) is 32.2 Å². The van der Waals surface area contributed by atoms with Crippen molar-refractivity contribution in [3.05, 3.63) is 30.5 Å². The zero-order chi connectivity index (χ0) is 13.9. The topological polar surface area (TPSA) is 44.3 Å². The highest BCUT2D eigenvalue weighted by atomic mass is 15.3. The standard InChI is InChI=1S/C15H21N5/c1-19-7-8-20(2)12(11-19)9-17-15-10-16-13-5-3-4-6-14(13)18-15/h3-6,10,12H,7-9,11H2,1-2H3,(H,17,18). The second-order valence-corrected chi connectivity index (χ2v) is 5.52. The molecule has 5 heteroatoms. The number of hydrogen-bond acceptors (Lipinski definition) is 5. The van der Waals surface area contributed by atoms with Gasteiger partial charge in [0.1, 0.15) is 5.82 Å². The lowest BCUT2D eigenvalue weighted by molar-refractivity contribution is 0.122. The van der Waals surface area contributed by atoms with Gasteiger partial charge in [0.05, 0.1) is 17.2 Å². The summed E-state index contributed by atoms with van der Waals surface area (Å²) in [6.07, 6.45) is 1.81. The smallest absolute Gasteiger partial charge is 0.145 e. The molecule has 0 amide bonds. The predicted molar refractivity (Wildman–Crippen MR) is 81.9 cm³/mol. The van der Waals surface area contributed by atoms with Gasteiger partial charge in [-0.05, 0) is 26.2 Å². The number of piperazine rings is 1. The number of likely N-dealkylation sites (N-methyl/N-ethyl adjacent to an activating group) is 2. The Morgan fingerprint density at radius 3 is 2.85 bits per heavy atom. The summed E-state index contributed by atoms with van der Waals surface area (Å²) < 4.78 is 0. The van der Waals surface area contributed by atoms with Crippen molar-refractivity contribution < 1.29 is 0 Å². The highest BCUT2D eigenvalue weighted by molar-refractivity contribution is 5.75. The van der Waals surface area contributed by atoms with Crippen molar-refractivity contribution in [2.45, 2.75) is 6.04 Å². The number of rotatable bonds is 3. The molecule has 1 fully saturated rings. The summed E-state index contributed by atoms with van der Waals surface area (Å²) in [7, 11) is 4.36. The van der Waals surface area contributed by atoms with Crippen LogP contribution in [0.4, 0.5) is 5.82 Å². The van der Waals surface area contributed by atoms with Crippen LogP contribution in [0.2, 0.25) is 0 Å². The zero-order valence-electron chi connectivity index (χ0n) is 12.1. The molecule has 0 saturated carbocycles. The molecule has 3 rings (SSSR count). The van der Waals surface area contributed by atoms with E-state index in [1.165, 1.54) is 0 Å². The van der Waals surface area contributed by atoms with Gasteiger partial charge < -0.3 is 10.2 Å². The van der Waals surface area contributed by atoms with Crippen molar-refractivity contribution >= 4 is 16.9 Å². The van der Waals surface area contributed by atoms with Gasteiger partial charge in [-0.25, -0.2) is 4.98 Å². The van der Waals surface area contributed by atoms with Gasteiger partial charge in [-0.15, -0.1) is 0 Å². The Bertz CT molecular complexity index is 585. The highest BCUT2D eigenvalue weighted by Crippen LogP contribution is 2.12. The molecule has 106 valence electrons. The van der Waals surface area contributed by atoms with E-state index < -0.39 is 0 Å². The fourth-order valence-electron chi connectivity index (χ4n) is 2.59. The minimum atomic E-state index is 0.516. The first-order valence-corrected chi connectivity index (χ1v) is 7.07. The Balaban J connectivity index is 1.67. The Morgan fingerprint density at radius 1 is 1.20 bits per heavy atom. The molecule has 1 saturated heterocycles. The molecular weight excluding hydrogens is 250 g/mol. The molecule has 1 aliphatic heterocycles. The second-order valence-electron chi connectivity index (χ2n) is 5.52. The Labute approximate surface area is 119 Å². The van der Waals surface area contributed by atoms with E-state index in [1.54, 1.807) is 0 Å². The average Bonchev–Trinajstić information content (AvgIpc) is 2.48. The first-order chi connectivity index (χ1) is 9.72. The van der Waals surface area contributed by atoms with Crippen LogP contribution < -0.4 is 5.32 Å². The normalized spacial score (nSPS) is 21.2. The Morgan fingerprint density at radius 2 is 2.00 bits per heavy atom. The number of benzene rings is 1. The third kappa shape index (κ3) is 2.89. The van der Waals surface area contributed by atoms with E-state index in [4.69, 9.17) is 0 Å². The van der Waals surface area contributed by atoms with E-state index in [0.29, 0.717) is 6.04 Å². The molecule has 0 bridgehead atoms. The SMILES string of the molecule is CN1CCN(C)C(CNc2cnc3ccccc3n2)C1. The van der Waals surface area contributed by atoms with Gasteiger partial charge in [-0.2, -0.15) is 0 Å². The summed E-state index contributed by atoms with van der Waals surface area (Å²) in [5.74, 6) is 0.852. The first kappa shape index (κ1) is 13.3. The largest absolute Gasteiger partial charge is 0.367 e. The monoisotopic (exact) mass is 271 g/mol. The molecule has 1 atom stereocenters. The molecule has 20 heavy (non-hydrogen) atoms. The molecule has 1 unspecified atom stereocenters. The van der Waals surface area contributed by atoms with E-state index >= 15 is 0 Å². The van der Waals surface area contributed by atoms with Gasteiger partial charge in [0.25, 0.3) is 0 Å². The molecule has 1 aromatic carbocycles. The number of hydrogen-bond donors (Lipinski definition) is 1. The maximum absolute atomic E-state index is 4.60. The molecule has 0 aliphatic carbocycles. The van der Waals surface area contributed by atoms with Crippen LogP contribution in [-0.4, -0.2) is 66.1 Å². The second kappa shape index (κ2) is 5.73. The molecule has 1 aromatic heterocycles. The maximum Gasteiger partial charge on any atom is 0.145 e. The highest BCUT2D eigenvalue weighted by Gasteiger charge is 2.21. The minimum absolute atomic E-state index is 0.516. The average molecular weight is 271 g/mol. The van der Waals surface area contributed by atoms with E-state index in [1.807, 2.05) is 30.5 Å². The van der Waals surface area contributed by atoms with Crippen LogP contribution in [0.5, 0.6) is 0 Å². The van der Waals surface area contributed by atoms with Crippen LogP contribution in [-0.2, 0) is 0 Å². The quantitative estimate of drug-likeness (QED) is 0.911. The number of nitrogens with one attached hydrogen (secondary N) is 1. The van der Waals surface area contributed by atoms with Crippen LogP contribution in [0, 0.1) is 0 Å². The summed E-state index contributed by atoms with van der Waals surface area (Å²) in [4.78, 5) is 13.8. The third-order valence-corrected chi connectivity index (χ3v) is 3.95. The molecule has 2 heterocycles. The van der Waals surface area contributed by atoms with E-state index in [2.05, 4.69) is 39.2 Å². The zero-order valence-corrected chi connectivity index (χ0v) is 12.1. The van der Waals surface area contributed by atoms with Gasteiger partial charge >= 0.3 is 0 Å². The predicted octanol–water partition coefficient (Wildman–Crippen LogP) is 1.29. The lowest BCUT2D eigenvalue weighted by Gasteiger charge is -2.37. The van der Waals surface area contributed by atoms with Gasteiger partial charge in [0.15, 0.2) is 0 Å². The van der Waals surface area contributed by atoms with Gasteiger partial charge in [-0.1, -0.05) is 12.1 Å². The van der Waals surface area contributed by atoms with Crippen molar-refractivity contribution in [1.82, 2.24) is 19.8 Å². The number of fused-ring (bicyclic) bond motifs is 1. The van der Waals surface area contributed by atoms with Crippen molar-refractivity contribution in [3.8, 4) is 0 Å². The molecule has 1 N–H and O–H groups in total. The fraction of sp³-hybridized carbons (Fsp3) is 0.467. The summed E-state index contributed by atoms with van der Waals surface area (Å²) in [5.41, 5.74) is 1.87. The van der Waals surface area contributed by atoms with Crippen molar-refractivity contribution in [2.75, 3.05) is 45.6 Å². The number of aromatic nitrogens is 2. The van der Waals surface area contributed by atoms with Gasteiger partial charge in [0.2, 0.25) is 0 Å². The summed E-state index contributed by atoms with van der Waals surface area (Å²) in [5, 5.41) is 3.42. The van der Waals surface area contributed by atoms with Crippen LogP contribution in [0.25, 0.3) is 11.0 Å². The van der Waals surface area contributed by atoms with E-state index in [0.717, 1.165) is 43.0 Å².